The quantitative estimate of drug-likeness (QED) is 0.115. The molecule has 8 heteroatoms. The van der Waals surface area contributed by atoms with Crippen LogP contribution in [0.4, 0.5) is 22.9 Å². The van der Waals surface area contributed by atoms with Gasteiger partial charge < -0.3 is 5.73 Å². The van der Waals surface area contributed by atoms with Crippen molar-refractivity contribution in [3.05, 3.63) is 310 Å². The fourth-order valence-electron chi connectivity index (χ4n) is 9.91. The summed E-state index contributed by atoms with van der Waals surface area (Å²) in [5.41, 5.74) is 29.5. The Bertz CT molecular complexity index is 3850. The number of aromatic nitrogens is 4. The van der Waals surface area contributed by atoms with E-state index in [1.807, 2.05) is 115 Å². The van der Waals surface area contributed by atoms with Gasteiger partial charge in [0, 0.05) is 28.2 Å². The van der Waals surface area contributed by atoms with Crippen molar-refractivity contribution in [2.75, 3.05) is 10.6 Å². The lowest BCUT2D eigenvalue weighted by molar-refractivity contribution is 1.14. The summed E-state index contributed by atoms with van der Waals surface area (Å²) in [5.74, 6) is 0.849. The van der Waals surface area contributed by atoms with E-state index in [0.717, 1.165) is 72.5 Å². The average Bonchev–Trinajstić information content (AvgIpc) is 3.19. The molecule has 8 aromatic carbocycles. The SMILES string of the molecule is Brc1cccc(-c2ccccn2)n1.Cc1cc(C)c(Br)c(C)c1.Cc1cc(C)c(N(c2cc(-c3ccccc3)cc(-c3ccccc3)c2)c2cccc(-c3ccccn3)n2)c(C)c1.Nc1cc(-c2ccccc2)cc(-c2ccccc2)c1. The summed E-state index contributed by atoms with van der Waals surface area (Å²) in [5, 5.41) is 0. The van der Waals surface area contributed by atoms with Crippen LogP contribution in [0.25, 0.3) is 67.3 Å². The second-order valence-corrected chi connectivity index (χ2v) is 21.6. The first-order valence-electron chi connectivity index (χ1n) is 27.2. The van der Waals surface area contributed by atoms with E-state index in [9.17, 15) is 0 Å². The van der Waals surface area contributed by atoms with E-state index in [4.69, 9.17) is 10.7 Å². The van der Waals surface area contributed by atoms with Crippen LogP contribution in [0.5, 0.6) is 0 Å². The molecule has 0 aliphatic heterocycles. The number of aryl methyl sites for hydroxylation is 6. The van der Waals surface area contributed by atoms with Crippen LogP contribution in [-0.4, -0.2) is 19.9 Å². The Labute approximate surface area is 500 Å². The van der Waals surface area contributed by atoms with E-state index in [0.29, 0.717) is 0 Å². The molecule has 0 amide bonds. The molecule has 4 aromatic heterocycles. The predicted molar refractivity (Wildman–Crippen MR) is 352 cm³/mol. The predicted octanol–water partition coefficient (Wildman–Crippen LogP) is 20.8. The number of rotatable bonds is 9. The zero-order chi connectivity index (χ0) is 57.4. The molecule has 0 unspecified atom stereocenters. The summed E-state index contributed by atoms with van der Waals surface area (Å²) in [6, 6.07) is 87.3. The Hall–Kier alpha value is -9.08. The minimum absolute atomic E-state index is 0.792. The van der Waals surface area contributed by atoms with E-state index < -0.39 is 0 Å². The molecule has 404 valence electrons. The van der Waals surface area contributed by atoms with Gasteiger partial charge in [0.25, 0.3) is 0 Å². The van der Waals surface area contributed by atoms with Crippen LogP contribution < -0.4 is 10.6 Å². The minimum Gasteiger partial charge on any atom is -0.399 e. The van der Waals surface area contributed by atoms with Crippen LogP contribution in [0.1, 0.15) is 33.4 Å². The van der Waals surface area contributed by atoms with Gasteiger partial charge in [0.15, 0.2) is 0 Å². The molecule has 0 aliphatic rings. The lowest BCUT2D eigenvalue weighted by atomic mass is 9.96. The lowest BCUT2D eigenvalue weighted by Crippen LogP contribution is -2.15. The third kappa shape index (κ3) is 15.2. The van der Waals surface area contributed by atoms with Gasteiger partial charge in [-0.05, 0) is 209 Å². The molecule has 0 aliphatic carbocycles. The maximum atomic E-state index is 6.03. The van der Waals surface area contributed by atoms with Crippen molar-refractivity contribution in [1.29, 1.82) is 0 Å². The Morgan fingerprint density at radius 3 is 1.10 bits per heavy atom. The molecule has 82 heavy (non-hydrogen) atoms. The Morgan fingerprint density at radius 2 is 0.695 bits per heavy atom. The van der Waals surface area contributed by atoms with Crippen LogP contribution in [0.3, 0.4) is 0 Å². The maximum Gasteiger partial charge on any atom is 0.138 e. The summed E-state index contributed by atoms with van der Waals surface area (Å²) >= 11 is 6.83. The number of hydrogen-bond donors (Lipinski definition) is 1. The fraction of sp³-hybridized carbons (Fsp3) is 0.0811. The number of nitrogen functional groups attached to an aromatic ring is 1. The first-order valence-corrected chi connectivity index (χ1v) is 28.8. The molecule has 12 aromatic rings. The topological polar surface area (TPSA) is 80.8 Å². The molecule has 0 saturated heterocycles. The molecule has 0 bridgehead atoms. The zero-order valence-electron chi connectivity index (χ0n) is 47.0. The van der Waals surface area contributed by atoms with Crippen LogP contribution in [0.15, 0.2) is 276 Å². The number of halogens is 2. The molecule has 0 saturated carbocycles. The van der Waals surface area contributed by atoms with Gasteiger partial charge in [0.1, 0.15) is 10.4 Å². The minimum atomic E-state index is 0.792. The summed E-state index contributed by atoms with van der Waals surface area (Å²) in [6.07, 6.45) is 3.57. The summed E-state index contributed by atoms with van der Waals surface area (Å²) in [4.78, 5) is 20.5. The molecule has 0 atom stereocenters. The number of anilines is 4. The van der Waals surface area contributed by atoms with Gasteiger partial charge in [-0.15, -0.1) is 0 Å². The molecular weight excluding hydrogens is 1130 g/mol. The van der Waals surface area contributed by atoms with Crippen LogP contribution in [0, 0.1) is 41.5 Å². The third-order valence-corrected chi connectivity index (χ3v) is 15.2. The number of benzene rings is 8. The van der Waals surface area contributed by atoms with Crippen molar-refractivity contribution in [3.8, 4) is 67.3 Å². The molecule has 0 spiro atoms. The monoisotopic (exact) mass is 1190 g/mol. The van der Waals surface area contributed by atoms with Crippen LogP contribution in [-0.2, 0) is 0 Å². The van der Waals surface area contributed by atoms with E-state index in [-0.39, 0.29) is 0 Å². The largest absolute Gasteiger partial charge is 0.399 e. The standard InChI is InChI=1S/C37H31N3.C18H15N.C10H7BrN2.C9H11Br/c1-26-21-27(2)37(28(3)22-26)40(36-19-12-18-35(39-36)34-17-10-11-20-38-34)33-24-31(29-13-6-4-7-14-29)23-32(25-33)30-15-8-5-9-16-30;19-18-12-16(14-7-3-1-4-8-14)11-17(13-18)15-9-5-2-6-10-15;11-10-6-3-5-9(13-10)8-4-1-2-7-12-8;1-6-4-7(2)9(10)8(3)5-6/h4-25H,1-3H3;1-13H,19H2;1-7H;4-5H,1-3H3. The van der Waals surface area contributed by atoms with Crippen LogP contribution >= 0.6 is 31.9 Å². The molecule has 12 rings (SSSR count). The summed E-state index contributed by atoms with van der Waals surface area (Å²) < 4.78 is 2.06. The van der Waals surface area contributed by atoms with Crippen molar-refractivity contribution in [2.45, 2.75) is 41.5 Å². The van der Waals surface area contributed by atoms with Gasteiger partial charge in [0.2, 0.25) is 0 Å². The normalized spacial score (nSPS) is 10.5. The van der Waals surface area contributed by atoms with Crippen molar-refractivity contribution in [2.24, 2.45) is 0 Å². The highest BCUT2D eigenvalue weighted by molar-refractivity contribution is 9.10. The summed E-state index contributed by atoms with van der Waals surface area (Å²) in [7, 11) is 0. The van der Waals surface area contributed by atoms with E-state index in [1.165, 1.54) is 60.1 Å². The lowest BCUT2D eigenvalue weighted by Gasteiger charge is -2.29. The highest BCUT2D eigenvalue weighted by Crippen LogP contribution is 2.42. The van der Waals surface area contributed by atoms with Crippen molar-refractivity contribution in [3.63, 3.8) is 0 Å². The van der Waals surface area contributed by atoms with E-state index >= 15 is 0 Å². The van der Waals surface area contributed by atoms with Gasteiger partial charge in [-0.1, -0.05) is 197 Å². The number of nitrogens with zero attached hydrogens (tertiary/aromatic N) is 5. The smallest absolute Gasteiger partial charge is 0.138 e. The van der Waals surface area contributed by atoms with E-state index in [1.54, 1.807) is 6.20 Å². The third-order valence-electron chi connectivity index (χ3n) is 13.5. The Kier molecular flexibility index (Phi) is 19.6. The van der Waals surface area contributed by atoms with Crippen molar-refractivity contribution < 1.29 is 0 Å². The summed E-state index contributed by atoms with van der Waals surface area (Å²) in [6.45, 7) is 12.9. The van der Waals surface area contributed by atoms with Crippen molar-refractivity contribution in [1.82, 2.24) is 19.9 Å². The van der Waals surface area contributed by atoms with Crippen molar-refractivity contribution >= 4 is 54.7 Å². The van der Waals surface area contributed by atoms with Gasteiger partial charge >= 0.3 is 0 Å². The Morgan fingerprint density at radius 1 is 0.329 bits per heavy atom. The fourth-order valence-corrected chi connectivity index (χ4v) is 10.5. The number of hydrogen-bond acceptors (Lipinski definition) is 6. The second kappa shape index (κ2) is 27.9. The van der Waals surface area contributed by atoms with Gasteiger partial charge in [-0.2, -0.15) is 0 Å². The first-order chi connectivity index (χ1) is 39.9. The molecule has 0 fully saturated rings. The highest BCUT2D eigenvalue weighted by Gasteiger charge is 2.21. The molecular formula is C74H64Br2N6. The zero-order valence-corrected chi connectivity index (χ0v) is 50.1. The molecule has 6 nitrogen and oxygen atoms in total. The molecule has 2 N–H and O–H groups in total. The average molecular weight is 1200 g/mol. The van der Waals surface area contributed by atoms with Crippen LogP contribution in [0.2, 0.25) is 0 Å². The number of pyridine rings is 4. The molecule has 0 radical (unpaired) electrons. The molecule has 4 heterocycles. The first kappa shape index (κ1) is 57.6. The van der Waals surface area contributed by atoms with Gasteiger partial charge in [-0.3, -0.25) is 14.9 Å². The second-order valence-electron chi connectivity index (χ2n) is 20.0. The van der Waals surface area contributed by atoms with E-state index in [2.05, 4.69) is 239 Å². The maximum absolute atomic E-state index is 6.03. The highest BCUT2D eigenvalue weighted by atomic mass is 79.9. The van der Waals surface area contributed by atoms with Gasteiger partial charge in [0.05, 0.1) is 28.5 Å². The number of nitrogens with two attached hydrogens (primary N) is 1. The Balaban J connectivity index is 0.000000157. The van der Waals surface area contributed by atoms with Gasteiger partial charge in [-0.25, -0.2) is 9.97 Å².